The van der Waals surface area contributed by atoms with Gasteiger partial charge in [0.1, 0.15) is 0 Å². The van der Waals surface area contributed by atoms with Crippen LogP contribution in [0.15, 0.2) is 12.3 Å². The molecule has 0 N–H and O–H groups in total. The molecule has 0 aromatic carbocycles. The number of pyridine rings is 1. The Kier molecular flexibility index (Phi) is 3.30. The molecule has 0 atom stereocenters. The Bertz CT molecular complexity index is 245. The van der Waals surface area contributed by atoms with Gasteiger partial charge in [-0.2, -0.15) is 0 Å². The maximum absolute atomic E-state index is 4.32. The molecule has 0 unspecified atom stereocenters. The Morgan fingerprint density at radius 3 is 2.55 bits per heavy atom. The fourth-order valence-electron chi connectivity index (χ4n) is 1.19. The number of rotatable bonds is 2. The van der Waals surface area contributed by atoms with E-state index in [1.54, 1.807) is 0 Å². The van der Waals surface area contributed by atoms with Crippen LogP contribution < -0.4 is 0 Å². The molecule has 0 bridgehead atoms. The third-order valence-corrected chi connectivity index (χ3v) is 2.79. The highest BCUT2D eigenvalue weighted by Gasteiger charge is 2.02. The van der Waals surface area contributed by atoms with Crippen molar-refractivity contribution in [2.45, 2.75) is 26.7 Å². The Morgan fingerprint density at radius 1 is 1.36 bits per heavy atom. The Morgan fingerprint density at radius 2 is 2.09 bits per heavy atom. The van der Waals surface area contributed by atoms with E-state index in [4.69, 9.17) is 0 Å². The van der Waals surface area contributed by atoms with Crippen LogP contribution in [0.4, 0.5) is 0 Å². The van der Waals surface area contributed by atoms with Crippen molar-refractivity contribution in [3.63, 3.8) is 0 Å². The largest absolute Gasteiger partial charge is 0.261 e. The van der Waals surface area contributed by atoms with Crippen LogP contribution in [0.1, 0.15) is 25.1 Å². The number of hydrogen-bond acceptors (Lipinski definition) is 1. The summed E-state index contributed by atoms with van der Waals surface area (Å²) in [5.41, 5.74) is 2.66. The summed E-state index contributed by atoms with van der Waals surface area (Å²) >= 11 is 2.37. The summed E-state index contributed by atoms with van der Waals surface area (Å²) < 4.78 is 1.34. The lowest BCUT2D eigenvalue weighted by Gasteiger charge is -2.05. The van der Waals surface area contributed by atoms with Crippen LogP contribution in [0.2, 0.25) is 0 Å². The van der Waals surface area contributed by atoms with Gasteiger partial charge < -0.3 is 0 Å². The zero-order valence-electron chi connectivity index (χ0n) is 6.89. The normalized spacial score (nSPS) is 10.1. The molecular weight excluding hydrogens is 249 g/mol. The van der Waals surface area contributed by atoms with Gasteiger partial charge in [-0.05, 0) is 47.1 Å². The summed E-state index contributed by atoms with van der Waals surface area (Å²) in [4.78, 5) is 4.32. The van der Waals surface area contributed by atoms with Crippen molar-refractivity contribution in [3.05, 3.63) is 27.1 Å². The number of halogens is 1. The first-order valence-electron chi connectivity index (χ1n) is 3.91. The summed E-state index contributed by atoms with van der Waals surface area (Å²) in [5.74, 6) is 0. The van der Waals surface area contributed by atoms with E-state index in [1.807, 2.05) is 6.20 Å². The molecule has 60 valence electrons. The van der Waals surface area contributed by atoms with Crippen molar-refractivity contribution < 1.29 is 0 Å². The van der Waals surface area contributed by atoms with E-state index in [0.717, 1.165) is 12.8 Å². The molecule has 0 aliphatic rings. The predicted octanol–water partition coefficient (Wildman–Crippen LogP) is 2.81. The highest BCUT2D eigenvalue weighted by Crippen LogP contribution is 2.15. The molecule has 1 heterocycles. The highest BCUT2D eigenvalue weighted by atomic mass is 127. The first-order chi connectivity index (χ1) is 5.29. The minimum absolute atomic E-state index is 1.04. The van der Waals surface area contributed by atoms with Crippen LogP contribution in [0.5, 0.6) is 0 Å². The Hall–Kier alpha value is -0.120. The van der Waals surface area contributed by atoms with Gasteiger partial charge in [0, 0.05) is 15.5 Å². The van der Waals surface area contributed by atoms with Crippen molar-refractivity contribution in [1.29, 1.82) is 0 Å². The SMILES string of the molecule is CCc1nccc(I)c1CC. The van der Waals surface area contributed by atoms with Gasteiger partial charge in [-0.3, -0.25) is 4.98 Å². The maximum atomic E-state index is 4.32. The van der Waals surface area contributed by atoms with Crippen LogP contribution >= 0.6 is 22.6 Å². The smallest absolute Gasteiger partial charge is 0.0443 e. The first kappa shape index (κ1) is 8.97. The van der Waals surface area contributed by atoms with E-state index in [9.17, 15) is 0 Å². The summed E-state index contributed by atoms with van der Waals surface area (Å²) in [6.07, 6.45) is 4.02. The highest BCUT2D eigenvalue weighted by molar-refractivity contribution is 14.1. The van der Waals surface area contributed by atoms with Crippen molar-refractivity contribution in [2.24, 2.45) is 0 Å². The molecule has 2 heteroatoms. The molecule has 0 spiro atoms. The molecule has 1 aromatic heterocycles. The fourth-order valence-corrected chi connectivity index (χ4v) is 2.04. The van der Waals surface area contributed by atoms with E-state index < -0.39 is 0 Å². The lowest BCUT2D eigenvalue weighted by molar-refractivity contribution is 0.956. The van der Waals surface area contributed by atoms with Gasteiger partial charge >= 0.3 is 0 Å². The van der Waals surface area contributed by atoms with Gasteiger partial charge in [0.25, 0.3) is 0 Å². The molecule has 0 saturated heterocycles. The minimum Gasteiger partial charge on any atom is -0.261 e. The van der Waals surface area contributed by atoms with Crippen molar-refractivity contribution >= 4 is 22.6 Å². The van der Waals surface area contributed by atoms with Gasteiger partial charge in [0.15, 0.2) is 0 Å². The summed E-state index contributed by atoms with van der Waals surface area (Å²) in [7, 11) is 0. The lowest BCUT2D eigenvalue weighted by Crippen LogP contribution is -1.97. The van der Waals surface area contributed by atoms with Gasteiger partial charge in [-0.15, -0.1) is 0 Å². The van der Waals surface area contributed by atoms with Gasteiger partial charge in [0.2, 0.25) is 0 Å². The zero-order valence-corrected chi connectivity index (χ0v) is 9.05. The molecular formula is C9H12IN. The van der Waals surface area contributed by atoms with Gasteiger partial charge in [0.05, 0.1) is 0 Å². The van der Waals surface area contributed by atoms with Crippen molar-refractivity contribution in [1.82, 2.24) is 4.98 Å². The molecule has 11 heavy (non-hydrogen) atoms. The van der Waals surface area contributed by atoms with Crippen LogP contribution in [0.3, 0.4) is 0 Å². The quantitative estimate of drug-likeness (QED) is 0.746. The number of hydrogen-bond donors (Lipinski definition) is 0. The van der Waals surface area contributed by atoms with Crippen molar-refractivity contribution in [2.75, 3.05) is 0 Å². The van der Waals surface area contributed by atoms with E-state index in [1.165, 1.54) is 14.8 Å². The third kappa shape index (κ3) is 1.92. The average molecular weight is 261 g/mol. The van der Waals surface area contributed by atoms with E-state index >= 15 is 0 Å². The fraction of sp³-hybridized carbons (Fsp3) is 0.444. The van der Waals surface area contributed by atoms with Crippen LogP contribution in [-0.4, -0.2) is 4.98 Å². The second-order valence-corrected chi connectivity index (χ2v) is 3.59. The molecule has 0 aliphatic carbocycles. The van der Waals surface area contributed by atoms with Crippen molar-refractivity contribution in [3.8, 4) is 0 Å². The topological polar surface area (TPSA) is 12.9 Å². The zero-order chi connectivity index (χ0) is 8.27. The Balaban J connectivity index is 3.13. The summed E-state index contributed by atoms with van der Waals surface area (Å²) in [6.45, 7) is 4.33. The standard InChI is InChI=1S/C9H12IN/c1-3-7-8(10)5-6-11-9(7)4-2/h5-6H,3-4H2,1-2H3. The maximum Gasteiger partial charge on any atom is 0.0443 e. The second kappa shape index (κ2) is 4.04. The van der Waals surface area contributed by atoms with Crippen LogP contribution in [0.25, 0.3) is 0 Å². The monoisotopic (exact) mass is 261 g/mol. The molecule has 1 rings (SSSR count). The van der Waals surface area contributed by atoms with Gasteiger partial charge in [-0.1, -0.05) is 13.8 Å². The molecule has 0 amide bonds. The predicted molar refractivity (Wildman–Crippen MR) is 55.7 cm³/mol. The van der Waals surface area contributed by atoms with E-state index in [2.05, 4.69) is 47.5 Å². The number of nitrogens with zero attached hydrogens (tertiary/aromatic N) is 1. The lowest BCUT2D eigenvalue weighted by atomic mass is 10.1. The Labute approximate surface area is 81.4 Å². The molecule has 0 fully saturated rings. The molecule has 0 radical (unpaired) electrons. The third-order valence-electron chi connectivity index (χ3n) is 1.78. The minimum atomic E-state index is 1.04. The van der Waals surface area contributed by atoms with Crippen LogP contribution in [0, 0.1) is 3.57 Å². The number of aryl methyl sites for hydroxylation is 1. The van der Waals surface area contributed by atoms with Gasteiger partial charge in [-0.25, -0.2) is 0 Å². The summed E-state index contributed by atoms with van der Waals surface area (Å²) in [5, 5.41) is 0. The molecule has 0 aliphatic heterocycles. The second-order valence-electron chi connectivity index (χ2n) is 2.43. The van der Waals surface area contributed by atoms with E-state index in [0.29, 0.717) is 0 Å². The molecule has 1 nitrogen and oxygen atoms in total. The first-order valence-corrected chi connectivity index (χ1v) is 4.99. The summed E-state index contributed by atoms with van der Waals surface area (Å²) in [6, 6.07) is 2.07. The average Bonchev–Trinajstić information content (AvgIpc) is 2.04. The number of aromatic nitrogens is 1. The van der Waals surface area contributed by atoms with E-state index in [-0.39, 0.29) is 0 Å². The molecule has 1 aromatic rings. The van der Waals surface area contributed by atoms with Crippen LogP contribution in [-0.2, 0) is 12.8 Å². The molecule has 0 saturated carbocycles.